The van der Waals surface area contributed by atoms with Crippen molar-refractivity contribution < 1.29 is 19.9 Å². The number of nitrogens with two attached hydrogens (primary N) is 1. The van der Waals surface area contributed by atoms with E-state index in [1.807, 2.05) is 0 Å². The molecule has 98 valence electrons. The normalized spacial score (nSPS) is 29.0. The molecule has 1 rings (SSSR count). The topological polar surface area (TPSA) is 116 Å². The molecule has 1 aliphatic heterocycles. The number of hydrogen-bond donors (Lipinski definition) is 5. The van der Waals surface area contributed by atoms with Crippen LogP contribution in [0.15, 0.2) is 0 Å². The summed E-state index contributed by atoms with van der Waals surface area (Å²) in [6.45, 7) is 0.621. The van der Waals surface area contributed by atoms with Gasteiger partial charge >= 0.3 is 13.1 Å². The molecule has 6 nitrogen and oxygen atoms in total. The lowest BCUT2D eigenvalue weighted by Crippen LogP contribution is -2.59. The maximum atomic E-state index is 11.3. The Morgan fingerprint density at radius 3 is 2.71 bits per heavy atom. The summed E-state index contributed by atoms with van der Waals surface area (Å²) in [5.41, 5.74) is 4.88. The highest BCUT2D eigenvalue weighted by atomic mass is 16.4. The molecular formula is C10H21BN2O4. The van der Waals surface area contributed by atoms with Gasteiger partial charge in [0.1, 0.15) is 5.54 Å². The smallest absolute Gasteiger partial charge is 0.451 e. The van der Waals surface area contributed by atoms with Gasteiger partial charge in [-0.15, -0.1) is 0 Å². The summed E-state index contributed by atoms with van der Waals surface area (Å²) in [4.78, 5) is 11.3. The third kappa shape index (κ3) is 4.27. The van der Waals surface area contributed by atoms with Crippen LogP contribution in [-0.2, 0) is 4.79 Å². The SMILES string of the molecule is NC1CCNC(CCCCB(O)O)(C(=O)O)C1. The van der Waals surface area contributed by atoms with Crippen LogP contribution in [0.5, 0.6) is 0 Å². The van der Waals surface area contributed by atoms with Crippen LogP contribution in [0.2, 0.25) is 6.32 Å². The van der Waals surface area contributed by atoms with Crippen LogP contribution in [0.25, 0.3) is 0 Å². The maximum Gasteiger partial charge on any atom is 0.451 e. The van der Waals surface area contributed by atoms with Gasteiger partial charge in [0.2, 0.25) is 0 Å². The minimum absolute atomic E-state index is 0.0733. The third-order valence-electron chi connectivity index (χ3n) is 3.31. The number of nitrogens with one attached hydrogen (secondary N) is 1. The van der Waals surface area contributed by atoms with Crippen LogP contribution in [0.3, 0.4) is 0 Å². The van der Waals surface area contributed by atoms with E-state index < -0.39 is 18.6 Å². The van der Waals surface area contributed by atoms with Gasteiger partial charge in [-0.2, -0.15) is 0 Å². The van der Waals surface area contributed by atoms with E-state index in [4.69, 9.17) is 15.8 Å². The van der Waals surface area contributed by atoms with Crippen molar-refractivity contribution in [2.24, 2.45) is 5.73 Å². The number of piperidine rings is 1. The van der Waals surface area contributed by atoms with Gasteiger partial charge in [0, 0.05) is 6.04 Å². The highest BCUT2D eigenvalue weighted by molar-refractivity contribution is 6.40. The van der Waals surface area contributed by atoms with Gasteiger partial charge in [-0.25, -0.2) is 0 Å². The fourth-order valence-electron chi connectivity index (χ4n) is 2.33. The fourth-order valence-corrected chi connectivity index (χ4v) is 2.33. The number of carboxylic acid groups (broad SMARTS) is 1. The van der Waals surface area contributed by atoms with Crippen molar-refractivity contribution in [1.82, 2.24) is 5.32 Å². The summed E-state index contributed by atoms with van der Waals surface area (Å²) < 4.78 is 0. The second-order valence-electron chi connectivity index (χ2n) is 4.79. The lowest BCUT2D eigenvalue weighted by molar-refractivity contribution is -0.146. The standard InChI is InChI=1S/C10H21BN2O4/c12-8-3-6-13-10(7-8,9(14)15)4-1-2-5-11(16)17/h8,13,16-17H,1-7,12H2,(H,14,15). The first-order chi connectivity index (χ1) is 7.96. The Kier molecular flexibility index (Phi) is 5.39. The number of aliphatic carboxylic acids is 1. The molecule has 0 aromatic heterocycles. The van der Waals surface area contributed by atoms with Crippen molar-refractivity contribution in [3.8, 4) is 0 Å². The predicted octanol–water partition coefficient (Wildman–Crippen LogP) is -0.836. The number of rotatable bonds is 6. The first-order valence-corrected chi connectivity index (χ1v) is 6.06. The van der Waals surface area contributed by atoms with E-state index in [2.05, 4.69) is 5.32 Å². The summed E-state index contributed by atoms with van der Waals surface area (Å²) in [6.07, 6.45) is 3.23. The van der Waals surface area contributed by atoms with Crippen LogP contribution in [0, 0.1) is 0 Å². The molecule has 6 N–H and O–H groups in total. The van der Waals surface area contributed by atoms with Gasteiger partial charge in [0.25, 0.3) is 0 Å². The Morgan fingerprint density at radius 2 is 2.18 bits per heavy atom. The summed E-state index contributed by atoms with van der Waals surface area (Å²) in [5, 5.41) is 29.8. The summed E-state index contributed by atoms with van der Waals surface area (Å²) in [7, 11) is -1.31. The summed E-state index contributed by atoms with van der Waals surface area (Å²) >= 11 is 0. The number of hydrogen-bond acceptors (Lipinski definition) is 5. The average molecular weight is 244 g/mol. The molecule has 1 fully saturated rings. The Labute approximate surface area is 101 Å². The molecule has 0 aliphatic carbocycles. The molecule has 7 heteroatoms. The highest BCUT2D eigenvalue weighted by Gasteiger charge is 2.41. The molecule has 0 bridgehead atoms. The van der Waals surface area contributed by atoms with E-state index in [-0.39, 0.29) is 12.4 Å². The predicted molar refractivity (Wildman–Crippen MR) is 64.4 cm³/mol. The lowest BCUT2D eigenvalue weighted by atomic mass is 9.79. The summed E-state index contributed by atoms with van der Waals surface area (Å²) in [5.74, 6) is -0.864. The van der Waals surface area contributed by atoms with E-state index >= 15 is 0 Å². The van der Waals surface area contributed by atoms with E-state index in [1.165, 1.54) is 0 Å². The number of unbranched alkanes of at least 4 members (excludes halogenated alkanes) is 1. The molecule has 0 aromatic rings. The Morgan fingerprint density at radius 1 is 1.47 bits per heavy atom. The zero-order chi connectivity index (χ0) is 12.9. The van der Waals surface area contributed by atoms with Crippen molar-refractivity contribution in [2.75, 3.05) is 6.54 Å². The third-order valence-corrected chi connectivity index (χ3v) is 3.31. The molecule has 17 heavy (non-hydrogen) atoms. The molecule has 0 aromatic carbocycles. The molecule has 0 spiro atoms. The Hall–Kier alpha value is -0.625. The van der Waals surface area contributed by atoms with E-state index in [0.717, 1.165) is 6.42 Å². The molecule has 0 radical (unpaired) electrons. The maximum absolute atomic E-state index is 11.3. The minimum Gasteiger partial charge on any atom is -0.480 e. The van der Waals surface area contributed by atoms with E-state index in [0.29, 0.717) is 32.2 Å². The monoisotopic (exact) mass is 244 g/mol. The molecular weight excluding hydrogens is 223 g/mol. The minimum atomic E-state index is -1.31. The molecule has 1 aliphatic rings. The molecule has 0 saturated carbocycles. The summed E-state index contributed by atoms with van der Waals surface area (Å²) in [6, 6.07) is -0.0733. The first-order valence-electron chi connectivity index (χ1n) is 6.06. The van der Waals surface area contributed by atoms with Crippen molar-refractivity contribution >= 4 is 13.1 Å². The number of carbonyl (C=O) groups is 1. The molecule has 1 heterocycles. The van der Waals surface area contributed by atoms with Crippen molar-refractivity contribution in [1.29, 1.82) is 0 Å². The van der Waals surface area contributed by atoms with Crippen LogP contribution < -0.4 is 11.1 Å². The Balaban J connectivity index is 2.45. The zero-order valence-corrected chi connectivity index (χ0v) is 9.93. The van der Waals surface area contributed by atoms with Gasteiger partial charge < -0.3 is 26.2 Å². The highest BCUT2D eigenvalue weighted by Crippen LogP contribution is 2.25. The largest absolute Gasteiger partial charge is 0.480 e. The average Bonchev–Trinajstić information content (AvgIpc) is 2.24. The van der Waals surface area contributed by atoms with Crippen LogP contribution in [0.1, 0.15) is 32.1 Å². The quantitative estimate of drug-likeness (QED) is 0.307. The van der Waals surface area contributed by atoms with Gasteiger partial charge in [0.05, 0.1) is 0 Å². The molecule has 2 atom stereocenters. The zero-order valence-electron chi connectivity index (χ0n) is 9.93. The molecule has 1 saturated heterocycles. The Bertz CT molecular complexity index is 265. The molecule has 2 unspecified atom stereocenters. The fraction of sp³-hybridized carbons (Fsp3) is 0.900. The van der Waals surface area contributed by atoms with E-state index in [1.54, 1.807) is 0 Å². The second-order valence-corrected chi connectivity index (χ2v) is 4.79. The van der Waals surface area contributed by atoms with Gasteiger partial charge in [-0.1, -0.05) is 12.8 Å². The number of carboxylic acids is 1. The van der Waals surface area contributed by atoms with Crippen molar-refractivity contribution in [3.05, 3.63) is 0 Å². The van der Waals surface area contributed by atoms with Gasteiger partial charge in [-0.05, 0) is 32.1 Å². The van der Waals surface area contributed by atoms with Crippen LogP contribution >= 0.6 is 0 Å². The first kappa shape index (κ1) is 14.4. The molecule has 0 amide bonds. The second kappa shape index (κ2) is 6.35. The van der Waals surface area contributed by atoms with Gasteiger partial charge in [-0.3, -0.25) is 4.79 Å². The van der Waals surface area contributed by atoms with Crippen molar-refractivity contribution in [3.63, 3.8) is 0 Å². The van der Waals surface area contributed by atoms with E-state index in [9.17, 15) is 9.90 Å². The van der Waals surface area contributed by atoms with Crippen molar-refractivity contribution in [2.45, 2.75) is 50.0 Å². The van der Waals surface area contributed by atoms with Crippen LogP contribution in [-0.4, -0.2) is 46.4 Å². The lowest BCUT2D eigenvalue weighted by Gasteiger charge is -2.37. The van der Waals surface area contributed by atoms with Crippen LogP contribution in [0.4, 0.5) is 0 Å². The van der Waals surface area contributed by atoms with Gasteiger partial charge in [0.15, 0.2) is 0 Å².